The van der Waals surface area contributed by atoms with Crippen molar-refractivity contribution in [2.75, 3.05) is 11.4 Å². The van der Waals surface area contributed by atoms with Crippen molar-refractivity contribution in [2.24, 2.45) is 0 Å². The van der Waals surface area contributed by atoms with Crippen molar-refractivity contribution in [2.45, 2.75) is 18.9 Å². The largest absolute Gasteiger partial charge is 0.481 e. The number of nitrogens with zero attached hydrogens (tertiary/aromatic N) is 2. The smallest absolute Gasteiger partial charge is 0.311 e. The molecule has 0 aliphatic carbocycles. The summed E-state index contributed by atoms with van der Waals surface area (Å²) in [5.74, 6) is -1.22. The van der Waals surface area contributed by atoms with Gasteiger partial charge in [-0.25, -0.2) is 0 Å². The maximum Gasteiger partial charge on any atom is 0.311 e. The molecule has 6 heteroatoms. The molecule has 0 fully saturated rings. The number of carboxylic acid groups (broad SMARTS) is 1. The molecule has 0 saturated heterocycles. The van der Waals surface area contributed by atoms with Crippen LogP contribution in [0.1, 0.15) is 23.6 Å². The van der Waals surface area contributed by atoms with E-state index in [1.165, 1.54) is 0 Å². The van der Waals surface area contributed by atoms with Crippen LogP contribution in [0.15, 0.2) is 39.5 Å². The van der Waals surface area contributed by atoms with Gasteiger partial charge in [-0.1, -0.05) is 21.1 Å². The Balaban J connectivity index is 1.96. The number of carbonyl (C=O) groups is 1. The molecule has 20 heavy (non-hydrogen) atoms. The molecule has 0 bridgehead atoms. The summed E-state index contributed by atoms with van der Waals surface area (Å²) in [6.07, 6.45) is 2.14. The van der Waals surface area contributed by atoms with Gasteiger partial charge in [0, 0.05) is 22.8 Å². The Morgan fingerprint density at radius 1 is 1.50 bits per heavy atom. The summed E-state index contributed by atoms with van der Waals surface area (Å²) in [5, 5.41) is 13.3. The topological polar surface area (TPSA) is 66.6 Å². The molecule has 0 saturated carbocycles. The van der Waals surface area contributed by atoms with Gasteiger partial charge in [-0.05, 0) is 30.2 Å². The zero-order chi connectivity index (χ0) is 14.1. The van der Waals surface area contributed by atoms with Gasteiger partial charge in [0.05, 0.1) is 12.5 Å². The van der Waals surface area contributed by atoms with Crippen LogP contribution in [0.3, 0.4) is 0 Å². The second kappa shape index (κ2) is 5.28. The highest BCUT2D eigenvalue weighted by molar-refractivity contribution is 9.10. The Labute approximate surface area is 124 Å². The molecule has 5 nitrogen and oxygen atoms in total. The highest BCUT2D eigenvalue weighted by Gasteiger charge is 2.30. The fourth-order valence-corrected chi connectivity index (χ4v) is 2.97. The minimum atomic E-state index is -0.773. The molecule has 0 spiro atoms. The lowest BCUT2D eigenvalue weighted by Crippen LogP contribution is -2.33. The summed E-state index contributed by atoms with van der Waals surface area (Å²) in [6, 6.07) is 7.60. The van der Waals surface area contributed by atoms with E-state index in [1.54, 1.807) is 6.26 Å². The maximum absolute atomic E-state index is 11.4. The number of anilines is 1. The third-order valence-electron chi connectivity index (χ3n) is 3.54. The van der Waals surface area contributed by atoms with Crippen molar-refractivity contribution < 1.29 is 14.4 Å². The second-order valence-electron chi connectivity index (χ2n) is 4.79. The summed E-state index contributed by atoms with van der Waals surface area (Å²) in [5.41, 5.74) is 2.64. The van der Waals surface area contributed by atoms with E-state index in [0.717, 1.165) is 21.4 Å². The molecule has 1 aliphatic rings. The summed E-state index contributed by atoms with van der Waals surface area (Å²) < 4.78 is 5.74. The summed E-state index contributed by atoms with van der Waals surface area (Å²) in [4.78, 5) is 13.5. The minimum absolute atomic E-state index is 0.448. The van der Waals surface area contributed by atoms with E-state index in [0.29, 0.717) is 19.5 Å². The van der Waals surface area contributed by atoms with E-state index in [4.69, 9.17) is 4.52 Å². The third-order valence-corrected chi connectivity index (χ3v) is 4.03. The molecule has 1 atom stereocenters. The van der Waals surface area contributed by atoms with Crippen LogP contribution in [0.4, 0.5) is 5.69 Å². The highest BCUT2D eigenvalue weighted by Crippen LogP contribution is 2.37. The molecule has 1 aliphatic heterocycles. The zero-order valence-corrected chi connectivity index (χ0v) is 12.2. The number of hydrogen-bond donors (Lipinski definition) is 1. The van der Waals surface area contributed by atoms with E-state index in [2.05, 4.69) is 26.0 Å². The Morgan fingerprint density at radius 3 is 3.05 bits per heavy atom. The number of carboxylic acids is 1. The molecule has 0 amide bonds. The van der Waals surface area contributed by atoms with Crippen molar-refractivity contribution in [1.29, 1.82) is 0 Å². The number of rotatable bonds is 3. The van der Waals surface area contributed by atoms with Gasteiger partial charge < -0.3 is 14.5 Å². The van der Waals surface area contributed by atoms with E-state index >= 15 is 0 Å². The number of aromatic nitrogens is 1. The number of aliphatic carboxylic acids is 1. The van der Waals surface area contributed by atoms with Crippen LogP contribution in [0.25, 0.3) is 0 Å². The second-order valence-corrected chi connectivity index (χ2v) is 5.71. The SMILES string of the molecule is O=C(O)[C@@H]1CCN(Cc2ccon2)c2ccc(Br)cc21. The third kappa shape index (κ3) is 2.43. The molecule has 0 unspecified atom stereocenters. The molecule has 0 radical (unpaired) electrons. The fraction of sp³-hybridized carbons (Fsp3) is 0.286. The van der Waals surface area contributed by atoms with Gasteiger partial charge in [0.2, 0.25) is 0 Å². The minimum Gasteiger partial charge on any atom is -0.481 e. The predicted molar refractivity (Wildman–Crippen MR) is 76.7 cm³/mol. The quantitative estimate of drug-likeness (QED) is 0.933. The first-order chi connectivity index (χ1) is 9.65. The molecule has 1 aromatic heterocycles. The van der Waals surface area contributed by atoms with Gasteiger partial charge in [-0.3, -0.25) is 4.79 Å². The number of halogens is 1. The molecule has 2 heterocycles. The predicted octanol–water partition coefficient (Wildman–Crippen LogP) is 3.02. The molecular formula is C14H13BrN2O3. The molecule has 2 aromatic rings. The molecule has 1 N–H and O–H groups in total. The van der Waals surface area contributed by atoms with Crippen LogP contribution in [-0.4, -0.2) is 22.8 Å². The Kier molecular flexibility index (Phi) is 3.48. The van der Waals surface area contributed by atoms with Crippen LogP contribution in [0.5, 0.6) is 0 Å². The average Bonchev–Trinajstić information content (AvgIpc) is 2.91. The van der Waals surface area contributed by atoms with Crippen molar-refractivity contribution in [3.63, 3.8) is 0 Å². The van der Waals surface area contributed by atoms with E-state index in [-0.39, 0.29) is 0 Å². The number of benzene rings is 1. The standard InChI is InChI=1S/C14H13BrN2O3/c15-9-1-2-13-12(7-9)11(14(18)19)3-5-17(13)8-10-4-6-20-16-10/h1-2,4,6-7,11H,3,5,8H2,(H,18,19)/t11-/m1/s1. The monoisotopic (exact) mass is 336 g/mol. The van der Waals surface area contributed by atoms with Crippen molar-refractivity contribution >= 4 is 27.6 Å². The fourth-order valence-electron chi connectivity index (χ4n) is 2.59. The lowest BCUT2D eigenvalue weighted by Gasteiger charge is -2.33. The molecule has 3 rings (SSSR count). The van der Waals surface area contributed by atoms with E-state index in [9.17, 15) is 9.90 Å². The Morgan fingerprint density at radius 2 is 2.35 bits per heavy atom. The molecule has 1 aromatic carbocycles. The first-order valence-electron chi connectivity index (χ1n) is 6.31. The van der Waals surface area contributed by atoms with Crippen LogP contribution >= 0.6 is 15.9 Å². The Hall–Kier alpha value is -1.82. The van der Waals surface area contributed by atoms with Gasteiger partial charge in [-0.15, -0.1) is 0 Å². The molecular weight excluding hydrogens is 324 g/mol. The van der Waals surface area contributed by atoms with Gasteiger partial charge >= 0.3 is 5.97 Å². The van der Waals surface area contributed by atoms with Crippen LogP contribution in [-0.2, 0) is 11.3 Å². The first-order valence-corrected chi connectivity index (χ1v) is 7.11. The van der Waals surface area contributed by atoms with E-state index < -0.39 is 11.9 Å². The van der Waals surface area contributed by atoms with E-state index in [1.807, 2.05) is 24.3 Å². The van der Waals surface area contributed by atoms with Crippen molar-refractivity contribution in [3.8, 4) is 0 Å². The molecule has 104 valence electrons. The van der Waals surface area contributed by atoms with Gasteiger partial charge in [-0.2, -0.15) is 0 Å². The number of fused-ring (bicyclic) bond motifs is 1. The zero-order valence-electron chi connectivity index (χ0n) is 10.6. The summed E-state index contributed by atoms with van der Waals surface area (Å²) in [6.45, 7) is 1.32. The normalized spacial score (nSPS) is 17.9. The van der Waals surface area contributed by atoms with Crippen molar-refractivity contribution in [3.05, 3.63) is 46.3 Å². The van der Waals surface area contributed by atoms with Crippen LogP contribution in [0.2, 0.25) is 0 Å². The number of hydrogen-bond acceptors (Lipinski definition) is 4. The average molecular weight is 337 g/mol. The summed E-state index contributed by atoms with van der Waals surface area (Å²) in [7, 11) is 0. The summed E-state index contributed by atoms with van der Waals surface area (Å²) >= 11 is 3.41. The first kappa shape index (κ1) is 13.2. The van der Waals surface area contributed by atoms with Gasteiger partial charge in [0.1, 0.15) is 12.0 Å². The van der Waals surface area contributed by atoms with Crippen molar-refractivity contribution in [1.82, 2.24) is 5.16 Å². The Bertz CT molecular complexity index is 627. The lowest BCUT2D eigenvalue weighted by molar-refractivity contribution is -0.139. The van der Waals surface area contributed by atoms with Crippen LogP contribution in [0, 0.1) is 0 Å². The van der Waals surface area contributed by atoms with Gasteiger partial charge in [0.25, 0.3) is 0 Å². The maximum atomic E-state index is 11.4. The van der Waals surface area contributed by atoms with Crippen LogP contribution < -0.4 is 4.90 Å². The highest BCUT2D eigenvalue weighted by atomic mass is 79.9. The van der Waals surface area contributed by atoms with Gasteiger partial charge in [0.15, 0.2) is 0 Å². The lowest BCUT2D eigenvalue weighted by atomic mass is 9.90.